The first-order valence-corrected chi connectivity index (χ1v) is 9.41. The Kier molecular flexibility index (Phi) is 6.82. The Morgan fingerprint density at radius 2 is 1.06 bits per heavy atom. The summed E-state index contributed by atoms with van der Waals surface area (Å²) >= 11 is 0. The number of amides is 4. The van der Waals surface area contributed by atoms with Gasteiger partial charge in [0.25, 0.3) is 0 Å². The SMILES string of the molecule is NC(=O)Oc1ccc(-c2c(-c3ccccc3)ccc(OC(N)=O)c2OC(N)=O)cc1OC(N)=O. The smallest absolute Gasteiger partial charge is 0.406 e. The number of hydrogen-bond acceptors (Lipinski definition) is 8. The summed E-state index contributed by atoms with van der Waals surface area (Å²) in [6.45, 7) is 0. The molecule has 0 aliphatic rings. The van der Waals surface area contributed by atoms with Gasteiger partial charge in [-0.3, -0.25) is 0 Å². The lowest BCUT2D eigenvalue weighted by Crippen LogP contribution is -2.21. The molecule has 0 atom stereocenters. The fourth-order valence-electron chi connectivity index (χ4n) is 3.14. The van der Waals surface area contributed by atoms with Crippen molar-refractivity contribution < 1.29 is 38.1 Å². The lowest BCUT2D eigenvalue weighted by atomic mass is 9.93. The predicted octanol–water partition coefficient (Wildman–Crippen LogP) is 2.85. The van der Waals surface area contributed by atoms with Crippen molar-refractivity contribution in [3.8, 4) is 45.3 Å². The van der Waals surface area contributed by atoms with Crippen LogP contribution in [0.1, 0.15) is 0 Å². The summed E-state index contributed by atoms with van der Waals surface area (Å²) in [5, 5.41) is 0. The fourth-order valence-corrected chi connectivity index (χ4v) is 3.14. The topological polar surface area (TPSA) is 209 Å². The first kappa shape index (κ1) is 23.4. The number of carbonyl (C=O) groups is 4. The second-order valence-electron chi connectivity index (χ2n) is 6.53. The number of hydrogen-bond donors (Lipinski definition) is 4. The van der Waals surface area contributed by atoms with Crippen LogP contribution in [0.4, 0.5) is 19.2 Å². The third-order valence-electron chi connectivity index (χ3n) is 4.27. The van der Waals surface area contributed by atoms with E-state index in [1.54, 1.807) is 36.4 Å². The van der Waals surface area contributed by atoms with E-state index in [0.717, 1.165) is 0 Å². The minimum atomic E-state index is -1.21. The van der Waals surface area contributed by atoms with Crippen molar-refractivity contribution >= 4 is 24.4 Å². The summed E-state index contributed by atoms with van der Waals surface area (Å²) in [6.07, 6.45) is -4.74. The van der Waals surface area contributed by atoms with E-state index in [2.05, 4.69) is 0 Å². The molecule has 0 radical (unpaired) electrons. The molecule has 8 N–H and O–H groups in total. The molecule has 0 aromatic heterocycles. The lowest BCUT2D eigenvalue weighted by Gasteiger charge is -2.18. The van der Waals surface area contributed by atoms with E-state index in [-0.39, 0.29) is 34.1 Å². The largest absolute Gasteiger partial charge is 0.410 e. The van der Waals surface area contributed by atoms with Crippen LogP contribution in [-0.2, 0) is 0 Å². The van der Waals surface area contributed by atoms with Crippen molar-refractivity contribution in [2.24, 2.45) is 22.9 Å². The van der Waals surface area contributed by atoms with Gasteiger partial charge in [-0.1, -0.05) is 36.4 Å². The molecule has 0 aliphatic heterocycles. The first-order chi connectivity index (χ1) is 16.2. The number of rotatable bonds is 6. The zero-order valence-corrected chi connectivity index (χ0v) is 17.3. The van der Waals surface area contributed by atoms with Crippen LogP contribution >= 0.6 is 0 Å². The van der Waals surface area contributed by atoms with Gasteiger partial charge in [-0.25, -0.2) is 19.2 Å². The standard InChI is InChI=1S/C22H18N4O8/c23-19(27)31-14-8-6-12(10-16(14)33-21(25)29)17-13(11-4-2-1-3-5-11)7-9-15(32-20(24)28)18(17)34-22(26)30/h1-10H,(H2,23,27)(H2,24,28)(H2,25,29)(H2,26,30). The van der Waals surface area contributed by atoms with Gasteiger partial charge in [-0.2, -0.15) is 0 Å². The Morgan fingerprint density at radius 1 is 0.529 bits per heavy atom. The van der Waals surface area contributed by atoms with Crippen molar-refractivity contribution in [1.29, 1.82) is 0 Å². The van der Waals surface area contributed by atoms with Gasteiger partial charge in [0.15, 0.2) is 23.0 Å². The average molecular weight is 466 g/mol. The van der Waals surface area contributed by atoms with Crippen molar-refractivity contribution in [2.75, 3.05) is 0 Å². The summed E-state index contributed by atoms with van der Waals surface area (Å²) in [5.74, 6) is -0.940. The molecular weight excluding hydrogens is 448 g/mol. The molecule has 174 valence electrons. The molecule has 0 saturated heterocycles. The fraction of sp³-hybridized carbons (Fsp3) is 0. The first-order valence-electron chi connectivity index (χ1n) is 9.41. The van der Waals surface area contributed by atoms with Crippen molar-refractivity contribution in [2.45, 2.75) is 0 Å². The molecule has 3 aromatic rings. The zero-order chi connectivity index (χ0) is 24.8. The van der Waals surface area contributed by atoms with E-state index in [1.807, 2.05) is 0 Å². The van der Waals surface area contributed by atoms with Crippen molar-refractivity contribution in [3.63, 3.8) is 0 Å². The van der Waals surface area contributed by atoms with Crippen LogP contribution in [0.2, 0.25) is 0 Å². The molecule has 3 rings (SSSR count). The van der Waals surface area contributed by atoms with E-state index in [9.17, 15) is 19.2 Å². The summed E-state index contributed by atoms with van der Waals surface area (Å²) < 4.78 is 19.9. The number of benzene rings is 3. The minimum absolute atomic E-state index is 0.198. The molecule has 0 unspecified atom stereocenters. The Balaban J connectivity index is 2.35. The molecule has 34 heavy (non-hydrogen) atoms. The highest BCUT2D eigenvalue weighted by atomic mass is 16.6. The van der Waals surface area contributed by atoms with E-state index < -0.39 is 24.4 Å². The Bertz CT molecular complexity index is 1280. The molecule has 0 heterocycles. The number of primary amides is 4. The maximum absolute atomic E-state index is 11.7. The number of nitrogens with two attached hydrogens (primary N) is 4. The normalized spacial score (nSPS) is 10.1. The molecule has 4 amide bonds. The van der Waals surface area contributed by atoms with Crippen molar-refractivity contribution in [1.82, 2.24) is 0 Å². The second kappa shape index (κ2) is 9.91. The number of carbonyl (C=O) groups excluding carboxylic acids is 4. The molecule has 12 heteroatoms. The highest BCUT2D eigenvalue weighted by Gasteiger charge is 2.23. The highest BCUT2D eigenvalue weighted by Crippen LogP contribution is 2.47. The van der Waals surface area contributed by atoms with Crippen LogP contribution < -0.4 is 41.9 Å². The van der Waals surface area contributed by atoms with Crippen LogP contribution in [0.15, 0.2) is 60.7 Å². The van der Waals surface area contributed by atoms with Crippen LogP contribution in [0, 0.1) is 0 Å². The van der Waals surface area contributed by atoms with Gasteiger partial charge in [0.1, 0.15) is 0 Å². The highest BCUT2D eigenvalue weighted by molar-refractivity contribution is 5.92. The Hall–Kier alpha value is -5.26. The molecule has 0 aliphatic carbocycles. The van der Waals surface area contributed by atoms with Gasteiger partial charge in [0.05, 0.1) is 0 Å². The lowest BCUT2D eigenvalue weighted by molar-refractivity contribution is 0.200. The quantitative estimate of drug-likeness (QED) is 0.423. The monoisotopic (exact) mass is 466 g/mol. The van der Waals surface area contributed by atoms with Crippen LogP contribution in [-0.4, -0.2) is 24.4 Å². The van der Waals surface area contributed by atoms with Gasteiger partial charge >= 0.3 is 24.4 Å². The van der Waals surface area contributed by atoms with Crippen LogP contribution in [0.3, 0.4) is 0 Å². The van der Waals surface area contributed by atoms with E-state index in [0.29, 0.717) is 11.1 Å². The maximum Gasteiger partial charge on any atom is 0.410 e. The molecule has 0 spiro atoms. The molecule has 0 saturated carbocycles. The summed E-state index contributed by atoms with van der Waals surface area (Å²) in [7, 11) is 0. The average Bonchev–Trinajstić information content (AvgIpc) is 2.75. The van der Waals surface area contributed by atoms with Gasteiger partial charge < -0.3 is 41.9 Å². The third-order valence-corrected chi connectivity index (χ3v) is 4.27. The van der Waals surface area contributed by atoms with E-state index in [1.165, 1.54) is 24.3 Å². The summed E-state index contributed by atoms with van der Waals surface area (Å²) in [5.41, 5.74) is 22.2. The maximum atomic E-state index is 11.7. The predicted molar refractivity (Wildman–Crippen MR) is 118 cm³/mol. The third kappa shape index (κ3) is 5.50. The van der Waals surface area contributed by atoms with Crippen LogP contribution in [0.25, 0.3) is 22.3 Å². The van der Waals surface area contributed by atoms with Gasteiger partial charge in [-0.15, -0.1) is 0 Å². The summed E-state index contributed by atoms with van der Waals surface area (Å²) in [6, 6.07) is 15.8. The van der Waals surface area contributed by atoms with Crippen molar-refractivity contribution in [3.05, 3.63) is 60.7 Å². The molecule has 3 aromatic carbocycles. The Labute approximate surface area is 191 Å². The van der Waals surface area contributed by atoms with Gasteiger partial charge in [-0.05, 0) is 41.0 Å². The zero-order valence-electron chi connectivity index (χ0n) is 17.3. The summed E-state index contributed by atoms with van der Waals surface area (Å²) in [4.78, 5) is 45.7. The molecular formula is C22H18N4O8. The van der Waals surface area contributed by atoms with Gasteiger partial charge in [0.2, 0.25) is 0 Å². The van der Waals surface area contributed by atoms with E-state index >= 15 is 0 Å². The van der Waals surface area contributed by atoms with E-state index in [4.69, 9.17) is 41.9 Å². The number of ether oxygens (including phenoxy) is 4. The molecule has 0 fully saturated rings. The van der Waals surface area contributed by atoms with Gasteiger partial charge in [0, 0.05) is 5.56 Å². The molecule has 12 nitrogen and oxygen atoms in total. The Morgan fingerprint density at radius 3 is 1.65 bits per heavy atom. The minimum Gasteiger partial charge on any atom is -0.406 e. The molecule has 0 bridgehead atoms. The second-order valence-corrected chi connectivity index (χ2v) is 6.53. The van der Waals surface area contributed by atoms with Crippen LogP contribution in [0.5, 0.6) is 23.0 Å².